The smallest absolute Gasteiger partial charge is 0.348 e. The number of rotatable bonds is 5. The highest BCUT2D eigenvalue weighted by molar-refractivity contribution is 5.71. The molecule has 2 bridgehead atoms. The molecule has 6 rings (SSSR count). The number of anilines is 1. The molecular weight excluding hydrogens is 466 g/mol. The van der Waals surface area contributed by atoms with Gasteiger partial charge in [0.1, 0.15) is 17.6 Å². The van der Waals surface area contributed by atoms with Crippen LogP contribution >= 0.6 is 0 Å². The van der Waals surface area contributed by atoms with Crippen LogP contribution in [-0.4, -0.2) is 48.1 Å². The molecule has 3 aliphatic carbocycles. The third kappa shape index (κ3) is 4.12. The van der Waals surface area contributed by atoms with Crippen molar-refractivity contribution in [3.05, 3.63) is 46.9 Å². The van der Waals surface area contributed by atoms with Crippen LogP contribution in [0, 0.1) is 17.7 Å². The molecule has 0 saturated heterocycles. The van der Waals surface area contributed by atoms with Gasteiger partial charge in [-0.15, -0.1) is 10.2 Å². The number of halogens is 2. The lowest BCUT2D eigenvalue weighted by atomic mass is 9.69. The average Bonchev–Trinajstić information content (AvgIpc) is 3.71. The number of aromatic hydroxyl groups is 1. The first-order valence-electron chi connectivity index (χ1n) is 12.6. The summed E-state index contributed by atoms with van der Waals surface area (Å²) in [7, 11) is 1.41. The van der Waals surface area contributed by atoms with E-state index in [0.717, 1.165) is 49.3 Å². The van der Waals surface area contributed by atoms with Gasteiger partial charge in [-0.2, -0.15) is 4.98 Å². The summed E-state index contributed by atoms with van der Waals surface area (Å²) in [6.45, 7) is 0. The van der Waals surface area contributed by atoms with Crippen molar-refractivity contribution in [2.45, 2.75) is 63.2 Å². The summed E-state index contributed by atoms with van der Waals surface area (Å²) >= 11 is 0. The predicted molar refractivity (Wildman–Crippen MR) is 130 cm³/mol. The molecule has 4 atom stereocenters. The second kappa shape index (κ2) is 8.90. The summed E-state index contributed by atoms with van der Waals surface area (Å²) < 4.78 is 30.9. The predicted octanol–water partition coefficient (Wildman–Crippen LogP) is 4.03. The van der Waals surface area contributed by atoms with Crippen LogP contribution in [0.3, 0.4) is 0 Å². The number of aryl methyl sites for hydroxylation is 1. The molecule has 0 amide bonds. The Kier molecular flexibility index (Phi) is 5.69. The maximum atomic E-state index is 15.5. The molecule has 0 aliphatic heterocycles. The molecule has 10 heteroatoms. The van der Waals surface area contributed by atoms with E-state index in [4.69, 9.17) is 0 Å². The molecule has 0 spiro atoms. The molecule has 3 fully saturated rings. The number of fused-ring (bicyclic) bond motifs is 2. The van der Waals surface area contributed by atoms with Crippen LogP contribution in [0.2, 0.25) is 0 Å². The molecule has 2 heterocycles. The van der Waals surface area contributed by atoms with Crippen molar-refractivity contribution in [1.82, 2.24) is 24.7 Å². The molecule has 3 aliphatic rings. The van der Waals surface area contributed by atoms with Crippen LogP contribution in [0.15, 0.2) is 35.4 Å². The fourth-order valence-electron chi connectivity index (χ4n) is 5.96. The van der Waals surface area contributed by atoms with Crippen molar-refractivity contribution in [2.24, 2.45) is 18.9 Å². The highest BCUT2D eigenvalue weighted by atomic mass is 19.1. The highest BCUT2D eigenvalue weighted by Crippen LogP contribution is 2.46. The number of phenols is 1. The summed E-state index contributed by atoms with van der Waals surface area (Å²) in [6.07, 6.45) is 8.89. The maximum Gasteiger partial charge on any atom is 0.348 e. The molecular formula is C26H28F2N6O2. The summed E-state index contributed by atoms with van der Waals surface area (Å²) in [5.74, 6) is 0.603. The van der Waals surface area contributed by atoms with Crippen molar-refractivity contribution in [3.8, 4) is 28.4 Å². The van der Waals surface area contributed by atoms with Gasteiger partial charge in [-0.3, -0.25) is 4.57 Å². The summed E-state index contributed by atoms with van der Waals surface area (Å²) in [5, 5.41) is 19.3. The number of nitrogens with zero attached hydrogens (tertiary/aromatic N) is 6. The number of benzene rings is 1. The van der Waals surface area contributed by atoms with E-state index in [2.05, 4.69) is 25.1 Å². The molecule has 0 radical (unpaired) electrons. The van der Waals surface area contributed by atoms with Gasteiger partial charge in [-0.1, -0.05) is 18.9 Å². The van der Waals surface area contributed by atoms with Gasteiger partial charge in [0.15, 0.2) is 17.5 Å². The van der Waals surface area contributed by atoms with Gasteiger partial charge in [0, 0.05) is 24.8 Å². The second-order valence-corrected chi connectivity index (χ2v) is 10.4. The standard InChI is InChI=1S/C26H28F2N6O2/c1-33-13-19(27)24(30-26(33)36)16-5-8-18(21(35)11-16)25-29-12-22(31-32-25)34(17-6-7-17)20-10-14-3-2-4-15(9-14)23(20)28/h5,8,11-15,17,20,23,35H,2-4,6-7,9-10H2,1H3/t14-,15+,20+,23-/m1/s1. The Hall–Kier alpha value is -3.43. The van der Waals surface area contributed by atoms with Gasteiger partial charge in [-0.25, -0.2) is 18.6 Å². The van der Waals surface area contributed by atoms with E-state index < -0.39 is 17.7 Å². The van der Waals surface area contributed by atoms with E-state index >= 15 is 4.39 Å². The van der Waals surface area contributed by atoms with Gasteiger partial charge in [0.05, 0.1) is 17.8 Å². The normalized spacial score (nSPS) is 25.5. The molecule has 3 saturated carbocycles. The fraction of sp³-hybridized carbons (Fsp3) is 0.500. The van der Waals surface area contributed by atoms with Crippen molar-refractivity contribution in [3.63, 3.8) is 0 Å². The Morgan fingerprint density at radius 3 is 2.69 bits per heavy atom. The number of alkyl halides is 1. The van der Waals surface area contributed by atoms with E-state index in [0.29, 0.717) is 17.3 Å². The summed E-state index contributed by atoms with van der Waals surface area (Å²) in [6, 6.07) is 4.48. The van der Waals surface area contributed by atoms with E-state index in [1.165, 1.54) is 19.5 Å². The average molecular weight is 495 g/mol. The van der Waals surface area contributed by atoms with Crippen LogP contribution in [0.4, 0.5) is 14.6 Å². The van der Waals surface area contributed by atoms with E-state index in [-0.39, 0.29) is 40.8 Å². The lowest BCUT2D eigenvalue weighted by molar-refractivity contribution is 0.0631. The number of phenolic OH excluding ortho intramolecular Hbond substituents is 1. The van der Waals surface area contributed by atoms with Crippen molar-refractivity contribution < 1.29 is 13.9 Å². The molecule has 1 aromatic carbocycles. The third-order valence-corrected chi connectivity index (χ3v) is 7.88. The van der Waals surface area contributed by atoms with Crippen molar-refractivity contribution in [1.29, 1.82) is 0 Å². The van der Waals surface area contributed by atoms with Gasteiger partial charge in [0.2, 0.25) is 0 Å². The minimum atomic E-state index is -0.871. The summed E-state index contributed by atoms with van der Waals surface area (Å²) in [4.78, 5) is 22.1. The fourth-order valence-corrected chi connectivity index (χ4v) is 5.96. The minimum absolute atomic E-state index is 0.128. The SMILES string of the molecule is Cn1cc(F)c(-c2ccc(-c3ncc(N(C4CC4)[C@H]4C[C@@H]5CCC[C@@H](C5)[C@H]4F)nn3)c(O)c2)nc1=O. The van der Waals surface area contributed by atoms with E-state index in [1.807, 2.05) is 0 Å². The Morgan fingerprint density at radius 1 is 1.14 bits per heavy atom. The zero-order chi connectivity index (χ0) is 25.0. The van der Waals surface area contributed by atoms with Crippen LogP contribution < -0.4 is 10.6 Å². The zero-order valence-corrected chi connectivity index (χ0v) is 20.0. The Bertz CT molecular complexity index is 1340. The molecule has 8 nitrogen and oxygen atoms in total. The number of aromatic nitrogens is 5. The van der Waals surface area contributed by atoms with Gasteiger partial charge >= 0.3 is 5.69 Å². The van der Waals surface area contributed by atoms with Crippen molar-refractivity contribution in [2.75, 3.05) is 4.90 Å². The second-order valence-electron chi connectivity index (χ2n) is 10.4. The lowest BCUT2D eigenvalue weighted by Gasteiger charge is -2.46. The van der Waals surface area contributed by atoms with Gasteiger partial charge in [0.25, 0.3) is 0 Å². The number of hydrogen-bond acceptors (Lipinski definition) is 7. The molecule has 3 aromatic rings. The van der Waals surface area contributed by atoms with Crippen LogP contribution in [0.25, 0.3) is 22.6 Å². The quantitative estimate of drug-likeness (QED) is 0.572. The highest BCUT2D eigenvalue weighted by Gasteiger charge is 2.46. The van der Waals surface area contributed by atoms with Crippen LogP contribution in [0.5, 0.6) is 5.75 Å². The van der Waals surface area contributed by atoms with Crippen LogP contribution in [-0.2, 0) is 7.05 Å². The molecule has 188 valence electrons. The monoisotopic (exact) mass is 494 g/mol. The Balaban J connectivity index is 1.27. The number of hydrogen-bond donors (Lipinski definition) is 1. The first-order valence-corrected chi connectivity index (χ1v) is 12.6. The molecule has 2 aromatic heterocycles. The molecule has 1 N–H and O–H groups in total. The maximum absolute atomic E-state index is 15.5. The van der Waals surface area contributed by atoms with E-state index in [9.17, 15) is 14.3 Å². The van der Waals surface area contributed by atoms with Crippen LogP contribution in [0.1, 0.15) is 44.9 Å². The van der Waals surface area contributed by atoms with Crippen molar-refractivity contribution >= 4 is 5.82 Å². The van der Waals surface area contributed by atoms with Gasteiger partial charge in [-0.05, 0) is 56.1 Å². The lowest BCUT2D eigenvalue weighted by Crippen LogP contribution is -2.52. The van der Waals surface area contributed by atoms with E-state index in [1.54, 1.807) is 18.3 Å². The first kappa shape index (κ1) is 23.0. The summed E-state index contributed by atoms with van der Waals surface area (Å²) in [5.41, 5.74) is -0.175. The topological polar surface area (TPSA) is 97.0 Å². The first-order chi connectivity index (χ1) is 17.4. The Labute approximate surface area is 207 Å². The minimum Gasteiger partial charge on any atom is -0.507 e. The molecule has 36 heavy (non-hydrogen) atoms. The van der Waals surface area contributed by atoms with Gasteiger partial charge < -0.3 is 10.0 Å². The zero-order valence-electron chi connectivity index (χ0n) is 20.0. The largest absolute Gasteiger partial charge is 0.507 e. The third-order valence-electron chi connectivity index (χ3n) is 7.88. The Morgan fingerprint density at radius 2 is 1.97 bits per heavy atom. The molecule has 0 unspecified atom stereocenters.